The van der Waals surface area contributed by atoms with Crippen molar-refractivity contribution in [2.45, 2.75) is 19.1 Å². The van der Waals surface area contributed by atoms with Gasteiger partial charge in [-0.15, -0.1) is 0 Å². The van der Waals surface area contributed by atoms with Gasteiger partial charge in [0, 0.05) is 18.3 Å². The molecule has 0 aromatic heterocycles. The third-order valence-corrected chi connectivity index (χ3v) is 1.90. The van der Waals surface area contributed by atoms with Crippen LogP contribution in [0, 0.1) is 5.82 Å². The Bertz CT molecular complexity index is 360. The van der Waals surface area contributed by atoms with Gasteiger partial charge in [0.05, 0.1) is 5.56 Å². The van der Waals surface area contributed by atoms with Gasteiger partial charge in [-0.25, -0.2) is 4.39 Å². The molecule has 0 heterocycles. The van der Waals surface area contributed by atoms with Gasteiger partial charge < -0.3 is 11.1 Å². The molecule has 0 aliphatic carbocycles. The van der Waals surface area contributed by atoms with E-state index < -0.39 is 17.6 Å². The van der Waals surface area contributed by atoms with E-state index in [1.165, 1.54) is 0 Å². The van der Waals surface area contributed by atoms with Crippen molar-refractivity contribution in [2.75, 3.05) is 11.9 Å². The molecular formula is C10H12F4N2. The summed E-state index contributed by atoms with van der Waals surface area (Å²) in [5.74, 6) is -0.918. The number of rotatable bonds is 3. The molecule has 1 aromatic carbocycles. The summed E-state index contributed by atoms with van der Waals surface area (Å²) in [6.45, 7) is 1.85. The van der Waals surface area contributed by atoms with Crippen molar-refractivity contribution in [3.05, 3.63) is 29.6 Å². The standard InChI is InChI=1S/C10H12F4N2/c1-6(15)5-16-9-3-2-7(11)4-8(9)10(12,13)14/h2-4,6,16H,5,15H2,1H3/t6-/m1/s1. The van der Waals surface area contributed by atoms with Crippen molar-refractivity contribution < 1.29 is 17.6 Å². The SMILES string of the molecule is C[C@@H](N)CNc1ccc(F)cc1C(F)(F)F. The van der Waals surface area contributed by atoms with Crippen LogP contribution in [0.25, 0.3) is 0 Å². The number of alkyl halides is 3. The maximum atomic E-state index is 12.7. The van der Waals surface area contributed by atoms with Crippen LogP contribution in [0.2, 0.25) is 0 Å². The molecule has 6 heteroatoms. The van der Waals surface area contributed by atoms with Crippen molar-refractivity contribution in [3.63, 3.8) is 0 Å². The summed E-state index contributed by atoms with van der Waals surface area (Å²) in [4.78, 5) is 0. The number of halogens is 4. The summed E-state index contributed by atoms with van der Waals surface area (Å²) in [6.07, 6.45) is -4.58. The molecule has 0 spiro atoms. The molecule has 2 nitrogen and oxygen atoms in total. The van der Waals surface area contributed by atoms with Crippen LogP contribution in [0.15, 0.2) is 18.2 Å². The molecule has 16 heavy (non-hydrogen) atoms. The lowest BCUT2D eigenvalue weighted by atomic mass is 10.1. The molecule has 0 fully saturated rings. The average molecular weight is 236 g/mol. The molecule has 0 unspecified atom stereocenters. The monoisotopic (exact) mass is 236 g/mol. The highest BCUT2D eigenvalue weighted by Gasteiger charge is 2.33. The van der Waals surface area contributed by atoms with E-state index in [9.17, 15) is 17.6 Å². The number of nitrogens with two attached hydrogens (primary N) is 1. The zero-order valence-corrected chi connectivity index (χ0v) is 8.61. The highest BCUT2D eigenvalue weighted by atomic mass is 19.4. The van der Waals surface area contributed by atoms with Crippen LogP contribution < -0.4 is 11.1 Å². The van der Waals surface area contributed by atoms with Crippen LogP contribution in [0.5, 0.6) is 0 Å². The third kappa shape index (κ3) is 3.37. The molecule has 1 atom stereocenters. The van der Waals surface area contributed by atoms with Gasteiger partial charge in [0.25, 0.3) is 0 Å². The second kappa shape index (κ2) is 4.69. The summed E-state index contributed by atoms with van der Waals surface area (Å²) < 4.78 is 50.3. The average Bonchev–Trinajstić information content (AvgIpc) is 2.14. The van der Waals surface area contributed by atoms with Gasteiger partial charge in [0.15, 0.2) is 0 Å². The first-order chi connectivity index (χ1) is 7.30. The maximum absolute atomic E-state index is 12.7. The molecule has 1 rings (SSSR count). The van der Waals surface area contributed by atoms with Crippen LogP contribution in [0.1, 0.15) is 12.5 Å². The van der Waals surface area contributed by atoms with Crippen LogP contribution in [-0.4, -0.2) is 12.6 Å². The minimum Gasteiger partial charge on any atom is -0.383 e. The predicted molar refractivity (Wildman–Crippen MR) is 53.5 cm³/mol. The van der Waals surface area contributed by atoms with E-state index in [1.54, 1.807) is 6.92 Å². The van der Waals surface area contributed by atoms with Gasteiger partial charge in [0.1, 0.15) is 5.82 Å². The molecule has 0 radical (unpaired) electrons. The summed E-state index contributed by atoms with van der Waals surface area (Å²) in [7, 11) is 0. The molecule has 0 saturated heterocycles. The molecule has 90 valence electrons. The second-order valence-corrected chi connectivity index (χ2v) is 3.55. The summed E-state index contributed by atoms with van der Waals surface area (Å²) in [6, 6.07) is 2.20. The summed E-state index contributed by atoms with van der Waals surface area (Å²) in [5, 5.41) is 2.53. The van der Waals surface area contributed by atoms with Gasteiger partial charge in [-0.2, -0.15) is 13.2 Å². The number of nitrogens with one attached hydrogen (secondary N) is 1. The summed E-state index contributed by atoms with van der Waals surface area (Å²) in [5.41, 5.74) is 4.23. The molecule has 0 saturated carbocycles. The number of hydrogen-bond acceptors (Lipinski definition) is 2. The lowest BCUT2D eigenvalue weighted by Crippen LogP contribution is -2.26. The van der Waals surface area contributed by atoms with Crippen LogP contribution in [0.3, 0.4) is 0 Å². The quantitative estimate of drug-likeness (QED) is 0.791. The van der Waals surface area contributed by atoms with E-state index in [-0.39, 0.29) is 18.3 Å². The van der Waals surface area contributed by atoms with E-state index in [4.69, 9.17) is 5.73 Å². The van der Waals surface area contributed by atoms with Crippen molar-refractivity contribution in [2.24, 2.45) is 5.73 Å². The van der Waals surface area contributed by atoms with Gasteiger partial charge in [-0.05, 0) is 25.1 Å². The van der Waals surface area contributed by atoms with Gasteiger partial charge >= 0.3 is 6.18 Å². The largest absolute Gasteiger partial charge is 0.418 e. The molecule has 1 aromatic rings. The normalized spacial score (nSPS) is 13.6. The minimum absolute atomic E-state index is 0.161. The maximum Gasteiger partial charge on any atom is 0.418 e. The van der Waals surface area contributed by atoms with E-state index >= 15 is 0 Å². The van der Waals surface area contributed by atoms with Crippen LogP contribution in [0.4, 0.5) is 23.2 Å². The predicted octanol–water partition coefficient (Wildman–Crippen LogP) is 2.60. The first kappa shape index (κ1) is 12.8. The van der Waals surface area contributed by atoms with E-state index in [0.29, 0.717) is 6.07 Å². The Kier molecular flexibility index (Phi) is 3.74. The molecule has 3 N–H and O–H groups in total. The number of benzene rings is 1. The second-order valence-electron chi connectivity index (χ2n) is 3.55. The number of hydrogen-bond donors (Lipinski definition) is 2. The molecule has 0 amide bonds. The Morgan fingerprint density at radius 3 is 2.50 bits per heavy atom. The zero-order valence-electron chi connectivity index (χ0n) is 8.61. The van der Waals surface area contributed by atoms with Gasteiger partial charge in [0.2, 0.25) is 0 Å². The fourth-order valence-electron chi connectivity index (χ4n) is 1.18. The Morgan fingerprint density at radius 1 is 1.38 bits per heavy atom. The Hall–Kier alpha value is -1.30. The third-order valence-electron chi connectivity index (χ3n) is 1.90. The lowest BCUT2D eigenvalue weighted by Gasteiger charge is -2.15. The van der Waals surface area contributed by atoms with E-state index in [0.717, 1.165) is 12.1 Å². The Labute approximate surface area is 90.4 Å². The minimum atomic E-state index is -4.58. The Balaban J connectivity index is 2.99. The van der Waals surface area contributed by atoms with E-state index in [1.807, 2.05) is 0 Å². The first-order valence-corrected chi connectivity index (χ1v) is 4.67. The highest BCUT2D eigenvalue weighted by molar-refractivity contribution is 5.52. The zero-order chi connectivity index (χ0) is 12.3. The molecule has 0 aliphatic rings. The van der Waals surface area contributed by atoms with Crippen molar-refractivity contribution in [3.8, 4) is 0 Å². The molecule has 0 aliphatic heterocycles. The van der Waals surface area contributed by atoms with Gasteiger partial charge in [-0.3, -0.25) is 0 Å². The molecular weight excluding hydrogens is 224 g/mol. The van der Waals surface area contributed by atoms with Crippen molar-refractivity contribution >= 4 is 5.69 Å². The van der Waals surface area contributed by atoms with Crippen molar-refractivity contribution in [1.82, 2.24) is 0 Å². The van der Waals surface area contributed by atoms with Gasteiger partial charge in [-0.1, -0.05) is 0 Å². The number of anilines is 1. The summed E-state index contributed by atoms with van der Waals surface area (Å²) >= 11 is 0. The highest BCUT2D eigenvalue weighted by Crippen LogP contribution is 2.35. The van der Waals surface area contributed by atoms with E-state index in [2.05, 4.69) is 5.32 Å². The fourth-order valence-corrected chi connectivity index (χ4v) is 1.18. The first-order valence-electron chi connectivity index (χ1n) is 4.67. The fraction of sp³-hybridized carbons (Fsp3) is 0.400. The topological polar surface area (TPSA) is 38.0 Å². The lowest BCUT2D eigenvalue weighted by molar-refractivity contribution is -0.137. The van der Waals surface area contributed by atoms with Crippen molar-refractivity contribution in [1.29, 1.82) is 0 Å². The smallest absolute Gasteiger partial charge is 0.383 e. The van der Waals surface area contributed by atoms with Crippen LogP contribution in [-0.2, 0) is 6.18 Å². The van der Waals surface area contributed by atoms with Crippen LogP contribution >= 0.6 is 0 Å². The Morgan fingerprint density at radius 2 is 2.00 bits per heavy atom. The molecule has 0 bridgehead atoms.